The molecule has 0 bridgehead atoms. The molecule has 2 aliphatic heterocycles. The number of halogens is 1. The second-order valence-corrected chi connectivity index (χ2v) is 8.74. The molecule has 2 atom stereocenters. The van der Waals surface area contributed by atoms with Gasteiger partial charge < -0.3 is 19.8 Å². The van der Waals surface area contributed by atoms with Gasteiger partial charge in [-0.1, -0.05) is 23.7 Å². The Labute approximate surface area is 176 Å². The van der Waals surface area contributed by atoms with Crippen LogP contribution >= 0.6 is 11.6 Å². The normalized spacial score (nSPS) is 25.2. The van der Waals surface area contributed by atoms with E-state index in [0.29, 0.717) is 44.0 Å². The lowest BCUT2D eigenvalue weighted by atomic mass is 9.82. The van der Waals surface area contributed by atoms with Crippen LogP contribution in [0.4, 0.5) is 4.79 Å². The van der Waals surface area contributed by atoms with E-state index in [4.69, 9.17) is 11.6 Å². The highest BCUT2D eigenvalue weighted by Crippen LogP contribution is 2.41. The predicted octanol–water partition coefficient (Wildman–Crippen LogP) is 2.89. The van der Waals surface area contributed by atoms with Crippen molar-refractivity contribution in [1.82, 2.24) is 14.7 Å². The summed E-state index contributed by atoms with van der Waals surface area (Å²) >= 11 is 6.02. The molecule has 0 unspecified atom stereocenters. The number of rotatable bonds is 3. The van der Waals surface area contributed by atoms with Crippen LogP contribution in [0.5, 0.6) is 0 Å². The van der Waals surface area contributed by atoms with Gasteiger partial charge in [0.1, 0.15) is 0 Å². The first kappa shape index (κ1) is 21.4. The summed E-state index contributed by atoms with van der Waals surface area (Å²) < 4.78 is 0. The minimum absolute atomic E-state index is 0.0375. The lowest BCUT2D eigenvalue weighted by Gasteiger charge is -2.38. The summed E-state index contributed by atoms with van der Waals surface area (Å²) in [5.74, 6) is -0.193. The number of carboxylic acid groups (broad SMARTS) is 1. The van der Waals surface area contributed by atoms with Gasteiger partial charge in [0.25, 0.3) is 0 Å². The van der Waals surface area contributed by atoms with Crippen LogP contribution < -0.4 is 0 Å². The lowest BCUT2D eigenvalue weighted by Crippen LogP contribution is -2.52. The molecule has 1 aromatic rings. The molecule has 29 heavy (non-hydrogen) atoms. The van der Waals surface area contributed by atoms with Crippen molar-refractivity contribution in [3.05, 3.63) is 34.9 Å². The molecule has 3 amide bonds. The molecule has 3 rings (SSSR count). The van der Waals surface area contributed by atoms with E-state index >= 15 is 0 Å². The van der Waals surface area contributed by atoms with Crippen molar-refractivity contribution in [1.29, 1.82) is 0 Å². The second-order valence-electron chi connectivity index (χ2n) is 8.30. The fourth-order valence-electron chi connectivity index (χ4n) is 4.56. The molecule has 2 fully saturated rings. The van der Waals surface area contributed by atoms with Crippen LogP contribution in [0.2, 0.25) is 5.02 Å². The third kappa shape index (κ3) is 4.20. The topological polar surface area (TPSA) is 81.2 Å². The number of nitrogens with zero attached hydrogens (tertiary/aromatic N) is 3. The minimum atomic E-state index is -1.02. The van der Waals surface area contributed by atoms with Gasteiger partial charge in [-0.3, -0.25) is 9.59 Å². The van der Waals surface area contributed by atoms with Gasteiger partial charge in [0.15, 0.2) is 0 Å². The highest BCUT2D eigenvalue weighted by molar-refractivity contribution is 6.30. The Hall–Kier alpha value is -2.28. The number of likely N-dealkylation sites (N-methyl/N-ethyl adjacent to an activating group) is 1. The fourth-order valence-corrected chi connectivity index (χ4v) is 4.69. The quantitative estimate of drug-likeness (QED) is 0.813. The Bertz CT molecular complexity index is 792. The van der Waals surface area contributed by atoms with Gasteiger partial charge in [0.2, 0.25) is 11.8 Å². The van der Waals surface area contributed by atoms with Gasteiger partial charge in [0.05, 0.1) is 5.54 Å². The summed E-state index contributed by atoms with van der Waals surface area (Å²) in [5.41, 5.74) is 0.224. The summed E-state index contributed by atoms with van der Waals surface area (Å²) in [6, 6.07) is 7.39. The smallest absolute Gasteiger partial charge is 0.407 e. The standard InChI is InChI=1S/C21H28ClN3O4/c1-14(26)24-10-8-16(9-11-24)19(27)25-12-18(15-4-6-17(22)7-5-15)21(2,13-25)23(3)20(28)29/h4-7,16,18H,8-13H2,1-3H3,(H,28,29)/t18-,21+/m1/s1. The number of hydrogen-bond acceptors (Lipinski definition) is 3. The number of carbonyl (C=O) groups is 3. The maximum Gasteiger partial charge on any atom is 0.407 e. The molecular formula is C21H28ClN3O4. The van der Waals surface area contributed by atoms with E-state index in [9.17, 15) is 19.5 Å². The van der Waals surface area contributed by atoms with Crippen molar-refractivity contribution in [2.24, 2.45) is 5.92 Å². The van der Waals surface area contributed by atoms with Crippen LogP contribution in [-0.4, -0.2) is 76.5 Å². The van der Waals surface area contributed by atoms with E-state index in [0.717, 1.165) is 5.56 Å². The summed E-state index contributed by atoms with van der Waals surface area (Å²) in [6.07, 6.45) is 0.272. The van der Waals surface area contributed by atoms with Crippen LogP contribution in [0.3, 0.4) is 0 Å². The third-order valence-electron chi connectivity index (χ3n) is 6.59. The first-order valence-electron chi connectivity index (χ1n) is 9.90. The highest BCUT2D eigenvalue weighted by atomic mass is 35.5. The van der Waals surface area contributed by atoms with Crippen LogP contribution in [0.15, 0.2) is 24.3 Å². The molecule has 158 valence electrons. The van der Waals surface area contributed by atoms with Crippen molar-refractivity contribution >= 4 is 29.5 Å². The van der Waals surface area contributed by atoms with E-state index in [-0.39, 0.29) is 23.7 Å². The maximum absolute atomic E-state index is 13.2. The van der Waals surface area contributed by atoms with Crippen molar-refractivity contribution in [2.45, 2.75) is 38.1 Å². The number of amides is 3. The average molecular weight is 422 g/mol. The van der Waals surface area contributed by atoms with E-state index in [1.165, 1.54) is 4.90 Å². The molecular weight excluding hydrogens is 394 g/mol. The van der Waals surface area contributed by atoms with Crippen molar-refractivity contribution in [3.63, 3.8) is 0 Å². The van der Waals surface area contributed by atoms with Gasteiger partial charge in [0, 0.05) is 57.0 Å². The molecule has 7 nitrogen and oxygen atoms in total. The van der Waals surface area contributed by atoms with Crippen molar-refractivity contribution in [3.8, 4) is 0 Å². The zero-order valence-corrected chi connectivity index (χ0v) is 17.9. The van der Waals surface area contributed by atoms with E-state index < -0.39 is 11.6 Å². The molecule has 0 aromatic heterocycles. The highest BCUT2D eigenvalue weighted by Gasteiger charge is 2.50. The summed E-state index contributed by atoms with van der Waals surface area (Å²) in [6.45, 7) is 5.42. The Balaban J connectivity index is 1.81. The Kier molecular flexibility index (Phi) is 6.08. The van der Waals surface area contributed by atoms with Crippen molar-refractivity contribution < 1.29 is 19.5 Å². The molecule has 2 aliphatic rings. The van der Waals surface area contributed by atoms with Crippen LogP contribution in [-0.2, 0) is 9.59 Å². The predicted molar refractivity (Wildman–Crippen MR) is 110 cm³/mol. The van der Waals surface area contributed by atoms with Crippen LogP contribution in [0, 0.1) is 5.92 Å². The lowest BCUT2D eigenvalue weighted by molar-refractivity contribution is -0.139. The van der Waals surface area contributed by atoms with E-state index in [1.54, 1.807) is 35.9 Å². The summed E-state index contributed by atoms with van der Waals surface area (Å²) in [4.78, 5) is 41.4. The molecule has 0 radical (unpaired) electrons. The second kappa shape index (κ2) is 8.22. The molecule has 0 spiro atoms. The number of hydrogen-bond donors (Lipinski definition) is 1. The average Bonchev–Trinajstić information content (AvgIpc) is 3.06. The Morgan fingerprint density at radius 2 is 1.72 bits per heavy atom. The monoisotopic (exact) mass is 421 g/mol. The zero-order chi connectivity index (χ0) is 21.3. The first-order chi connectivity index (χ1) is 13.6. The van der Waals surface area contributed by atoms with E-state index in [1.807, 2.05) is 19.1 Å². The zero-order valence-electron chi connectivity index (χ0n) is 17.1. The SMILES string of the molecule is CC(=O)N1CCC(C(=O)N2C[C@H](c3ccc(Cl)cc3)[C@@](C)(N(C)C(=O)O)C2)CC1. The number of piperidine rings is 1. The van der Waals surface area contributed by atoms with Gasteiger partial charge in [-0.25, -0.2) is 4.79 Å². The summed E-state index contributed by atoms with van der Waals surface area (Å²) in [5, 5.41) is 10.3. The molecule has 0 aliphatic carbocycles. The Morgan fingerprint density at radius 3 is 2.24 bits per heavy atom. The van der Waals surface area contributed by atoms with Gasteiger partial charge >= 0.3 is 6.09 Å². The van der Waals surface area contributed by atoms with Gasteiger partial charge in [-0.2, -0.15) is 0 Å². The molecule has 1 aromatic carbocycles. The number of likely N-dealkylation sites (tertiary alicyclic amines) is 2. The Morgan fingerprint density at radius 1 is 1.14 bits per heavy atom. The van der Waals surface area contributed by atoms with Crippen LogP contribution in [0.25, 0.3) is 0 Å². The van der Waals surface area contributed by atoms with Gasteiger partial charge in [-0.15, -0.1) is 0 Å². The van der Waals surface area contributed by atoms with Crippen molar-refractivity contribution in [2.75, 3.05) is 33.2 Å². The largest absolute Gasteiger partial charge is 0.465 e. The maximum atomic E-state index is 13.2. The minimum Gasteiger partial charge on any atom is -0.465 e. The number of carbonyl (C=O) groups excluding carboxylic acids is 2. The molecule has 2 saturated heterocycles. The third-order valence-corrected chi connectivity index (χ3v) is 6.84. The van der Waals surface area contributed by atoms with Gasteiger partial charge in [-0.05, 0) is 37.5 Å². The summed E-state index contributed by atoms with van der Waals surface area (Å²) in [7, 11) is 1.56. The molecule has 0 saturated carbocycles. The number of benzene rings is 1. The first-order valence-corrected chi connectivity index (χ1v) is 10.3. The molecule has 1 N–H and O–H groups in total. The fraction of sp³-hybridized carbons (Fsp3) is 0.571. The van der Waals surface area contributed by atoms with E-state index in [2.05, 4.69) is 0 Å². The molecule has 8 heteroatoms. The van der Waals surface area contributed by atoms with Crippen LogP contribution in [0.1, 0.15) is 38.2 Å². The molecule has 2 heterocycles.